The standard InChI is InChI=1S/C25H20ClN3O3/c26-20-6-2-1-5-17(20)18-13-19(18)24(31)27-16-11-9-15(10-12-16)25(32)29-14-23(30)28-21-7-3-4-8-22(21)29/h1-12,18-19H,13-14H2,(H,27,31)(H,28,30). The summed E-state index contributed by atoms with van der Waals surface area (Å²) >= 11 is 6.25. The van der Waals surface area contributed by atoms with Crippen molar-refractivity contribution in [2.24, 2.45) is 5.92 Å². The number of nitrogens with one attached hydrogen (secondary N) is 2. The number of rotatable bonds is 4. The Morgan fingerprint density at radius 1 is 0.969 bits per heavy atom. The average Bonchev–Trinajstić information content (AvgIpc) is 3.60. The van der Waals surface area contributed by atoms with Gasteiger partial charge in [-0.1, -0.05) is 41.9 Å². The first-order chi connectivity index (χ1) is 15.5. The van der Waals surface area contributed by atoms with Gasteiger partial charge in [0.1, 0.15) is 6.54 Å². The van der Waals surface area contributed by atoms with Crippen LogP contribution in [0.25, 0.3) is 0 Å². The molecule has 160 valence electrons. The molecule has 1 saturated carbocycles. The third-order valence-electron chi connectivity index (χ3n) is 5.85. The van der Waals surface area contributed by atoms with Gasteiger partial charge in [0.25, 0.3) is 5.91 Å². The number of para-hydroxylation sites is 2. The Hall–Kier alpha value is -3.64. The average molecular weight is 446 g/mol. The topological polar surface area (TPSA) is 78.5 Å². The molecule has 0 spiro atoms. The predicted molar refractivity (Wildman–Crippen MR) is 124 cm³/mol. The molecule has 0 saturated heterocycles. The molecular weight excluding hydrogens is 426 g/mol. The molecule has 3 aromatic carbocycles. The number of halogens is 1. The molecule has 0 bridgehead atoms. The number of nitrogens with zero attached hydrogens (tertiary/aromatic N) is 1. The lowest BCUT2D eigenvalue weighted by molar-refractivity contribution is -0.117. The Morgan fingerprint density at radius 2 is 1.69 bits per heavy atom. The van der Waals surface area contributed by atoms with Crippen LogP contribution in [-0.2, 0) is 9.59 Å². The van der Waals surface area contributed by atoms with Gasteiger partial charge in [-0.05, 0) is 60.4 Å². The zero-order valence-electron chi connectivity index (χ0n) is 17.0. The highest BCUT2D eigenvalue weighted by atomic mass is 35.5. The van der Waals surface area contributed by atoms with Crippen LogP contribution >= 0.6 is 11.6 Å². The van der Waals surface area contributed by atoms with Crippen LogP contribution in [0.1, 0.15) is 28.3 Å². The van der Waals surface area contributed by atoms with Crippen LogP contribution in [0.3, 0.4) is 0 Å². The van der Waals surface area contributed by atoms with E-state index in [1.54, 1.807) is 42.5 Å². The van der Waals surface area contributed by atoms with E-state index < -0.39 is 0 Å². The number of carbonyl (C=O) groups is 3. The van der Waals surface area contributed by atoms with Crippen LogP contribution in [0, 0.1) is 5.92 Å². The first-order valence-corrected chi connectivity index (χ1v) is 10.7. The van der Waals surface area contributed by atoms with Crippen LogP contribution in [0.2, 0.25) is 5.02 Å². The highest BCUT2D eigenvalue weighted by Crippen LogP contribution is 2.50. The SMILES string of the molecule is O=C1CN(C(=O)c2ccc(NC(=O)C3CC3c3ccccc3Cl)cc2)c2ccccc2N1. The van der Waals surface area contributed by atoms with E-state index in [2.05, 4.69) is 10.6 Å². The van der Waals surface area contributed by atoms with E-state index in [4.69, 9.17) is 11.6 Å². The quantitative estimate of drug-likeness (QED) is 0.612. The zero-order chi connectivity index (χ0) is 22.2. The highest BCUT2D eigenvalue weighted by molar-refractivity contribution is 6.31. The molecule has 2 unspecified atom stereocenters. The van der Waals surface area contributed by atoms with Crippen molar-refractivity contribution in [1.29, 1.82) is 0 Å². The molecule has 2 aliphatic rings. The minimum absolute atomic E-state index is 0.0422. The van der Waals surface area contributed by atoms with E-state index in [1.807, 2.05) is 30.3 Å². The molecule has 32 heavy (non-hydrogen) atoms. The van der Waals surface area contributed by atoms with Crippen molar-refractivity contribution in [2.75, 3.05) is 22.1 Å². The van der Waals surface area contributed by atoms with Crippen LogP contribution in [0.15, 0.2) is 72.8 Å². The number of fused-ring (bicyclic) bond motifs is 1. The fourth-order valence-electron chi connectivity index (χ4n) is 4.11. The third kappa shape index (κ3) is 3.85. The zero-order valence-corrected chi connectivity index (χ0v) is 17.8. The molecule has 1 aliphatic heterocycles. The summed E-state index contributed by atoms with van der Waals surface area (Å²) in [7, 11) is 0. The largest absolute Gasteiger partial charge is 0.326 e. The van der Waals surface area contributed by atoms with E-state index in [9.17, 15) is 14.4 Å². The molecule has 3 amide bonds. The second-order valence-electron chi connectivity index (χ2n) is 7.99. The van der Waals surface area contributed by atoms with Crippen molar-refractivity contribution in [3.8, 4) is 0 Å². The van der Waals surface area contributed by atoms with Gasteiger partial charge >= 0.3 is 0 Å². The summed E-state index contributed by atoms with van der Waals surface area (Å²) in [6.07, 6.45) is 0.766. The molecule has 1 heterocycles. The minimum Gasteiger partial charge on any atom is -0.326 e. The van der Waals surface area contributed by atoms with E-state index in [-0.39, 0.29) is 36.1 Å². The minimum atomic E-state index is -0.272. The van der Waals surface area contributed by atoms with Crippen LogP contribution in [0.5, 0.6) is 0 Å². The first-order valence-electron chi connectivity index (χ1n) is 10.4. The molecule has 6 nitrogen and oxygen atoms in total. The molecule has 1 fully saturated rings. The predicted octanol–water partition coefficient (Wildman–Crippen LogP) is 4.68. The lowest BCUT2D eigenvalue weighted by Crippen LogP contribution is -2.42. The van der Waals surface area contributed by atoms with Gasteiger partial charge in [-0.2, -0.15) is 0 Å². The normalized spacial score (nSPS) is 19.0. The summed E-state index contributed by atoms with van der Waals surface area (Å²) in [5, 5.41) is 6.38. The molecule has 2 N–H and O–H groups in total. The lowest BCUT2D eigenvalue weighted by Gasteiger charge is -2.29. The first kappa shape index (κ1) is 20.3. The molecule has 7 heteroatoms. The Bertz CT molecular complexity index is 1230. The van der Waals surface area contributed by atoms with Crippen molar-refractivity contribution >= 4 is 46.4 Å². The van der Waals surface area contributed by atoms with Crippen LogP contribution < -0.4 is 15.5 Å². The number of amides is 3. The molecular formula is C25H20ClN3O3. The second-order valence-corrected chi connectivity index (χ2v) is 8.40. The van der Waals surface area contributed by atoms with Crippen molar-refractivity contribution in [3.05, 3.63) is 88.9 Å². The third-order valence-corrected chi connectivity index (χ3v) is 6.19. The number of benzene rings is 3. The fraction of sp³-hybridized carbons (Fsp3) is 0.160. The maximum Gasteiger partial charge on any atom is 0.258 e. The van der Waals surface area contributed by atoms with Gasteiger partial charge in [-0.25, -0.2) is 0 Å². The molecule has 1 aliphatic carbocycles. The summed E-state index contributed by atoms with van der Waals surface area (Å²) < 4.78 is 0. The van der Waals surface area contributed by atoms with E-state index in [0.717, 1.165) is 12.0 Å². The van der Waals surface area contributed by atoms with Crippen LogP contribution in [0.4, 0.5) is 17.1 Å². The van der Waals surface area contributed by atoms with Gasteiger partial charge in [0, 0.05) is 22.2 Å². The Labute approximate surface area is 190 Å². The molecule has 0 aromatic heterocycles. The molecule has 2 atom stereocenters. The highest BCUT2D eigenvalue weighted by Gasteiger charge is 2.44. The van der Waals surface area contributed by atoms with Crippen molar-refractivity contribution in [1.82, 2.24) is 0 Å². The smallest absolute Gasteiger partial charge is 0.258 e. The second kappa shape index (κ2) is 8.13. The van der Waals surface area contributed by atoms with Gasteiger partial charge in [-0.15, -0.1) is 0 Å². The number of hydrogen-bond acceptors (Lipinski definition) is 3. The van der Waals surface area contributed by atoms with Gasteiger partial charge in [0.05, 0.1) is 11.4 Å². The summed E-state index contributed by atoms with van der Waals surface area (Å²) in [6, 6.07) is 21.5. The molecule has 5 rings (SSSR count). The van der Waals surface area contributed by atoms with Gasteiger partial charge < -0.3 is 10.6 Å². The monoisotopic (exact) mass is 445 g/mol. The summed E-state index contributed by atoms with van der Waals surface area (Å²) in [5.41, 5.74) is 3.33. The number of anilines is 3. The number of hydrogen-bond donors (Lipinski definition) is 2. The van der Waals surface area contributed by atoms with Crippen molar-refractivity contribution in [3.63, 3.8) is 0 Å². The van der Waals surface area contributed by atoms with Gasteiger partial charge in [-0.3, -0.25) is 19.3 Å². The lowest BCUT2D eigenvalue weighted by atomic mass is 10.1. The summed E-state index contributed by atoms with van der Waals surface area (Å²) in [5.74, 6) is -0.547. The Balaban J connectivity index is 1.26. The van der Waals surface area contributed by atoms with Crippen molar-refractivity contribution in [2.45, 2.75) is 12.3 Å². The van der Waals surface area contributed by atoms with Crippen LogP contribution in [-0.4, -0.2) is 24.3 Å². The Morgan fingerprint density at radius 3 is 2.47 bits per heavy atom. The maximum absolute atomic E-state index is 13.0. The fourth-order valence-corrected chi connectivity index (χ4v) is 4.38. The molecule has 3 aromatic rings. The Kier molecular flexibility index (Phi) is 5.15. The van der Waals surface area contributed by atoms with Crippen molar-refractivity contribution < 1.29 is 14.4 Å². The molecule has 0 radical (unpaired) electrons. The van der Waals surface area contributed by atoms with E-state index >= 15 is 0 Å². The number of carbonyl (C=O) groups excluding carboxylic acids is 3. The van der Waals surface area contributed by atoms with Gasteiger partial charge in [0.15, 0.2) is 0 Å². The van der Waals surface area contributed by atoms with Gasteiger partial charge in [0.2, 0.25) is 11.8 Å². The summed E-state index contributed by atoms with van der Waals surface area (Å²) in [4.78, 5) is 39.1. The maximum atomic E-state index is 13.0. The van der Waals surface area contributed by atoms with E-state index in [0.29, 0.717) is 27.6 Å². The van der Waals surface area contributed by atoms with E-state index in [1.165, 1.54) is 4.90 Å². The summed E-state index contributed by atoms with van der Waals surface area (Å²) in [6.45, 7) is -0.0422.